The van der Waals surface area contributed by atoms with E-state index in [0.717, 1.165) is 44.0 Å². The predicted octanol–water partition coefficient (Wildman–Crippen LogP) is 1.78. The Labute approximate surface area is 101 Å². The standard InChI is InChI=1S/C13H18N2O2/c14-13(15)11-1-3-12(4-2-11)17-9-10-5-7-16-8-6-10/h1-4,10H,5-9H2,(H3,14,15). The summed E-state index contributed by atoms with van der Waals surface area (Å²) in [6, 6.07) is 7.33. The highest BCUT2D eigenvalue weighted by molar-refractivity contribution is 5.94. The van der Waals surface area contributed by atoms with Gasteiger partial charge in [0.1, 0.15) is 11.6 Å². The molecule has 2 rings (SSSR count). The molecule has 4 heteroatoms. The molecule has 0 spiro atoms. The van der Waals surface area contributed by atoms with Crippen LogP contribution >= 0.6 is 0 Å². The largest absolute Gasteiger partial charge is 0.493 e. The maximum absolute atomic E-state index is 7.29. The number of nitrogens with one attached hydrogen (secondary N) is 1. The molecular formula is C13H18N2O2. The number of nitrogens with two attached hydrogens (primary N) is 1. The lowest BCUT2D eigenvalue weighted by molar-refractivity contribution is 0.0497. The quantitative estimate of drug-likeness (QED) is 0.616. The van der Waals surface area contributed by atoms with Crippen molar-refractivity contribution >= 4 is 5.84 Å². The topological polar surface area (TPSA) is 68.3 Å². The Kier molecular flexibility index (Phi) is 3.98. The van der Waals surface area contributed by atoms with Crippen molar-refractivity contribution in [3.63, 3.8) is 0 Å². The first-order chi connectivity index (χ1) is 8.25. The first kappa shape index (κ1) is 11.9. The van der Waals surface area contributed by atoms with Gasteiger partial charge in [0.15, 0.2) is 0 Å². The average Bonchev–Trinajstić information content (AvgIpc) is 2.38. The second-order valence-electron chi connectivity index (χ2n) is 4.30. The van der Waals surface area contributed by atoms with Crippen LogP contribution in [0.3, 0.4) is 0 Å². The van der Waals surface area contributed by atoms with Crippen molar-refractivity contribution in [3.8, 4) is 5.75 Å². The minimum Gasteiger partial charge on any atom is -0.493 e. The maximum Gasteiger partial charge on any atom is 0.122 e. The van der Waals surface area contributed by atoms with E-state index in [4.69, 9.17) is 20.6 Å². The van der Waals surface area contributed by atoms with Crippen molar-refractivity contribution in [1.29, 1.82) is 5.41 Å². The summed E-state index contributed by atoms with van der Waals surface area (Å²) in [6.07, 6.45) is 2.15. The molecule has 0 saturated carbocycles. The first-order valence-electron chi connectivity index (χ1n) is 5.90. The van der Waals surface area contributed by atoms with Crippen molar-refractivity contribution in [3.05, 3.63) is 29.8 Å². The van der Waals surface area contributed by atoms with E-state index < -0.39 is 0 Å². The number of benzene rings is 1. The Bertz CT molecular complexity index is 370. The fraction of sp³-hybridized carbons (Fsp3) is 0.462. The van der Waals surface area contributed by atoms with E-state index >= 15 is 0 Å². The Hall–Kier alpha value is -1.55. The second kappa shape index (κ2) is 5.68. The first-order valence-corrected chi connectivity index (χ1v) is 5.90. The van der Waals surface area contributed by atoms with Crippen molar-refractivity contribution in [2.75, 3.05) is 19.8 Å². The summed E-state index contributed by atoms with van der Waals surface area (Å²) < 4.78 is 11.0. The molecule has 0 bridgehead atoms. The van der Waals surface area contributed by atoms with Crippen LogP contribution in [0, 0.1) is 11.3 Å². The molecule has 0 radical (unpaired) electrons. The van der Waals surface area contributed by atoms with Crippen LogP contribution in [0.5, 0.6) is 5.75 Å². The van der Waals surface area contributed by atoms with Crippen molar-refractivity contribution in [2.24, 2.45) is 11.7 Å². The molecule has 0 atom stereocenters. The normalized spacial score (nSPS) is 16.7. The molecule has 1 fully saturated rings. The molecule has 1 heterocycles. The van der Waals surface area contributed by atoms with Crippen LogP contribution in [-0.4, -0.2) is 25.7 Å². The van der Waals surface area contributed by atoms with E-state index in [0.29, 0.717) is 5.92 Å². The van der Waals surface area contributed by atoms with Crippen molar-refractivity contribution in [1.82, 2.24) is 0 Å². The molecule has 1 aliphatic heterocycles. The molecule has 92 valence electrons. The maximum atomic E-state index is 7.29. The third-order valence-corrected chi connectivity index (χ3v) is 2.99. The van der Waals surface area contributed by atoms with E-state index in [1.165, 1.54) is 0 Å². The van der Waals surface area contributed by atoms with Crippen LogP contribution in [0.25, 0.3) is 0 Å². The molecule has 3 N–H and O–H groups in total. The minimum absolute atomic E-state index is 0.0842. The summed E-state index contributed by atoms with van der Waals surface area (Å²) in [5.41, 5.74) is 6.11. The van der Waals surface area contributed by atoms with Gasteiger partial charge in [-0.3, -0.25) is 5.41 Å². The van der Waals surface area contributed by atoms with E-state index in [1.54, 1.807) is 0 Å². The monoisotopic (exact) mass is 234 g/mol. The number of amidine groups is 1. The minimum atomic E-state index is 0.0842. The highest BCUT2D eigenvalue weighted by atomic mass is 16.5. The van der Waals surface area contributed by atoms with Gasteiger partial charge in [-0.05, 0) is 43.0 Å². The van der Waals surface area contributed by atoms with Gasteiger partial charge in [-0.1, -0.05) is 0 Å². The van der Waals surface area contributed by atoms with Crippen LogP contribution in [0.4, 0.5) is 0 Å². The van der Waals surface area contributed by atoms with Crippen LogP contribution in [0.1, 0.15) is 18.4 Å². The van der Waals surface area contributed by atoms with Gasteiger partial charge >= 0.3 is 0 Å². The van der Waals surface area contributed by atoms with Crippen LogP contribution in [0.2, 0.25) is 0 Å². The summed E-state index contributed by atoms with van der Waals surface area (Å²) in [7, 11) is 0. The van der Waals surface area contributed by atoms with E-state index in [1.807, 2.05) is 24.3 Å². The Morgan fingerprint density at radius 2 is 1.94 bits per heavy atom. The number of rotatable bonds is 4. The van der Waals surface area contributed by atoms with Gasteiger partial charge in [0.25, 0.3) is 0 Å². The van der Waals surface area contributed by atoms with Gasteiger partial charge in [-0.15, -0.1) is 0 Å². The van der Waals surface area contributed by atoms with E-state index in [-0.39, 0.29) is 5.84 Å². The number of hydrogen-bond donors (Lipinski definition) is 2. The van der Waals surface area contributed by atoms with Crippen LogP contribution in [0.15, 0.2) is 24.3 Å². The summed E-state index contributed by atoms with van der Waals surface area (Å²) in [4.78, 5) is 0. The SMILES string of the molecule is N=C(N)c1ccc(OCC2CCOCC2)cc1. The second-order valence-corrected chi connectivity index (χ2v) is 4.30. The lowest BCUT2D eigenvalue weighted by Gasteiger charge is -2.22. The third-order valence-electron chi connectivity index (χ3n) is 2.99. The molecule has 1 aromatic carbocycles. The van der Waals surface area contributed by atoms with Crippen LogP contribution in [-0.2, 0) is 4.74 Å². The summed E-state index contributed by atoms with van der Waals surface area (Å²) in [5, 5.41) is 7.29. The molecule has 17 heavy (non-hydrogen) atoms. The Morgan fingerprint density at radius 1 is 1.29 bits per heavy atom. The van der Waals surface area contributed by atoms with Gasteiger partial charge in [0, 0.05) is 18.8 Å². The molecular weight excluding hydrogens is 216 g/mol. The summed E-state index contributed by atoms with van der Waals surface area (Å²) in [6.45, 7) is 2.43. The number of nitrogen functional groups attached to an aromatic ring is 1. The van der Waals surface area contributed by atoms with Gasteiger partial charge in [-0.25, -0.2) is 0 Å². The van der Waals surface area contributed by atoms with Crippen LogP contribution < -0.4 is 10.5 Å². The predicted molar refractivity (Wildman–Crippen MR) is 66.5 cm³/mol. The summed E-state index contributed by atoms with van der Waals surface area (Å²) in [5.74, 6) is 1.51. The van der Waals surface area contributed by atoms with Gasteiger partial charge in [0.05, 0.1) is 6.61 Å². The Balaban J connectivity index is 1.84. The number of ether oxygens (including phenoxy) is 2. The summed E-state index contributed by atoms with van der Waals surface area (Å²) >= 11 is 0. The molecule has 4 nitrogen and oxygen atoms in total. The Morgan fingerprint density at radius 3 is 2.53 bits per heavy atom. The van der Waals surface area contributed by atoms with Gasteiger partial charge in [0.2, 0.25) is 0 Å². The van der Waals surface area contributed by atoms with Gasteiger partial charge in [-0.2, -0.15) is 0 Å². The highest BCUT2D eigenvalue weighted by Crippen LogP contribution is 2.18. The lowest BCUT2D eigenvalue weighted by Crippen LogP contribution is -2.21. The highest BCUT2D eigenvalue weighted by Gasteiger charge is 2.14. The zero-order valence-electron chi connectivity index (χ0n) is 9.82. The zero-order chi connectivity index (χ0) is 12.1. The fourth-order valence-electron chi connectivity index (χ4n) is 1.86. The van der Waals surface area contributed by atoms with Crippen molar-refractivity contribution < 1.29 is 9.47 Å². The smallest absolute Gasteiger partial charge is 0.122 e. The average molecular weight is 234 g/mol. The number of hydrogen-bond acceptors (Lipinski definition) is 3. The van der Waals surface area contributed by atoms with Gasteiger partial charge < -0.3 is 15.2 Å². The molecule has 1 aromatic rings. The van der Waals surface area contributed by atoms with E-state index in [2.05, 4.69) is 0 Å². The molecule has 0 aromatic heterocycles. The zero-order valence-corrected chi connectivity index (χ0v) is 9.82. The van der Waals surface area contributed by atoms with E-state index in [9.17, 15) is 0 Å². The van der Waals surface area contributed by atoms with Crippen molar-refractivity contribution in [2.45, 2.75) is 12.8 Å². The molecule has 1 aliphatic rings. The molecule has 0 aliphatic carbocycles. The molecule has 0 amide bonds. The lowest BCUT2D eigenvalue weighted by atomic mass is 10.0. The molecule has 0 unspecified atom stereocenters. The third kappa shape index (κ3) is 3.46. The molecule has 1 saturated heterocycles. The fourth-order valence-corrected chi connectivity index (χ4v) is 1.86.